The van der Waals surface area contributed by atoms with Gasteiger partial charge in [0, 0.05) is 19.2 Å². The lowest BCUT2D eigenvalue weighted by atomic mass is 10.2. The molecule has 114 valence electrons. The molecule has 2 aromatic rings. The monoisotopic (exact) mass is 301 g/mol. The first-order valence-corrected chi connectivity index (χ1v) is 6.77. The molecule has 2 aromatic carbocycles. The van der Waals surface area contributed by atoms with E-state index in [0.717, 1.165) is 0 Å². The molecular weight excluding hydrogens is 285 g/mol. The van der Waals surface area contributed by atoms with Gasteiger partial charge < -0.3 is 9.64 Å². The quantitative estimate of drug-likeness (QED) is 0.798. The van der Waals surface area contributed by atoms with Crippen LogP contribution >= 0.6 is 0 Å². The van der Waals surface area contributed by atoms with Crippen molar-refractivity contribution in [2.75, 3.05) is 13.7 Å². The molecule has 0 heterocycles. The predicted molar refractivity (Wildman–Crippen MR) is 79.6 cm³/mol. The number of hydrogen-bond acceptors (Lipinski definition) is 3. The number of carbonyl (C=O) groups excluding carboxylic acids is 2. The third-order valence-electron chi connectivity index (χ3n) is 3.13. The van der Waals surface area contributed by atoms with Crippen LogP contribution in [0.2, 0.25) is 0 Å². The molecule has 0 aliphatic rings. The van der Waals surface area contributed by atoms with E-state index in [1.54, 1.807) is 48.5 Å². The molecule has 0 bridgehead atoms. The fourth-order valence-electron chi connectivity index (χ4n) is 1.87. The molecule has 5 heteroatoms. The largest absolute Gasteiger partial charge is 0.452 e. The van der Waals surface area contributed by atoms with Crippen LogP contribution in [0.5, 0.6) is 0 Å². The van der Waals surface area contributed by atoms with Gasteiger partial charge in [-0.25, -0.2) is 9.18 Å². The second kappa shape index (κ2) is 7.36. The van der Waals surface area contributed by atoms with Crippen LogP contribution in [0.25, 0.3) is 0 Å². The maximum atomic E-state index is 13.5. The lowest BCUT2D eigenvalue weighted by Gasteiger charge is -2.17. The van der Waals surface area contributed by atoms with E-state index in [0.29, 0.717) is 11.1 Å². The van der Waals surface area contributed by atoms with Crippen molar-refractivity contribution in [2.45, 2.75) is 6.54 Å². The molecule has 0 fully saturated rings. The number of nitrogens with zero attached hydrogens (tertiary/aromatic N) is 1. The molecule has 0 aliphatic carbocycles. The van der Waals surface area contributed by atoms with Crippen molar-refractivity contribution in [1.82, 2.24) is 4.90 Å². The van der Waals surface area contributed by atoms with Crippen LogP contribution in [0.4, 0.5) is 4.39 Å². The van der Waals surface area contributed by atoms with Gasteiger partial charge in [0.15, 0.2) is 6.61 Å². The van der Waals surface area contributed by atoms with Gasteiger partial charge in [0.05, 0.1) is 5.56 Å². The number of likely N-dealkylation sites (N-methyl/N-ethyl adjacent to an activating group) is 1. The van der Waals surface area contributed by atoms with Crippen molar-refractivity contribution in [1.29, 1.82) is 0 Å². The summed E-state index contributed by atoms with van der Waals surface area (Å²) in [6.07, 6.45) is 0. The number of carbonyl (C=O) groups is 2. The molecular formula is C17H16FNO3. The molecule has 0 N–H and O–H groups in total. The molecule has 0 radical (unpaired) electrons. The van der Waals surface area contributed by atoms with Crippen LogP contribution in [0.1, 0.15) is 15.9 Å². The predicted octanol–water partition coefficient (Wildman–Crippen LogP) is 2.64. The number of hydrogen-bond donors (Lipinski definition) is 0. The average Bonchev–Trinajstić information content (AvgIpc) is 2.55. The van der Waals surface area contributed by atoms with Crippen LogP contribution in [0, 0.1) is 5.82 Å². The summed E-state index contributed by atoms with van der Waals surface area (Å²) in [7, 11) is 1.53. The maximum absolute atomic E-state index is 13.5. The Morgan fingerprint density at radius 3 is 2.36 bits per heavy atom. The first-order valence-electron chi connectivity index (χ1n) is 6.77. The van der Waals surface area contributed by atoms with E-state index in [1.807, 2.05) is 0 Å². The smallest absolute Gasteiger partial charge is 0.338 e. The third kappa shape index (κ3) is 4.15. The summed E-state index contributed by atoms with van der Waals surface area (Å²) in [6.45, 7) is -0.257. The Hall–Kier alpha value is -2.69. The lowest BCUT2D eigenvalue weighted by molar-refractivity contribution is -0.133. The van der Waals surface area contributed by atoms with E-state index in [-0.39, 0.29) is 19.0 Å². The zero-order valence-electron chi connectivity index (χ0n) is 12.2. The van der Waals surface area contributed by atoms with Gasteiger partial charge >= 0.3 is 5.97 Å². The summed E-state index contributed by atoms with van der Waals surface area (Å²) in [5.41, 5.74) is 0.791. The summed E-state index contributed by atoms with van der Waals surface area (Å²) in [6, 6.07) is 14.6. The van der Waals surface area contributed by atoms with Crippen molar-refractivity contribution in [2.24, 2.45) is 0 Å². The fraction of sp³-hybridized carbons (Fsp3) is 0.176. The maximum Gasteiger partial charge on any atom is 0.338 e. The Labute approximate surface area is 128 Å². The summed E-state index contributed by atoms with van der Waals surface area (Å²) in [4.78, 5) is 25.0. The summed E-state index contributed by atoms with van der Waals surface area (Å²) in [5.74, 6) is -1.33. The molecule has 0 atom stereocenters. The minimum Gasteiger partial charge on any atom is -0.452 e. The Morgan fingerprint density at radius 2 is 1.68 bits per heavy atom. The Morgan fingerprint density at radius 1 is 1.05 bits per heavy atom. The van der Waals surface area contributed by atoms with Crippen molar-refractivity contribution >= 4 is 11.9 Å². The van der Waals surface area contributed by atoms with Gasteiger partial charge in [-0.05, 0) is 18.2 Å². The highest BCUT2D eigenvalue weighted by atomic mass is 19.1. The third-order valence-corrected chi connectivity index (χ3v) is 3.13. The summed E-state index contributed by atoms with van der Waals surface area (Å²) >= 11 is 0. The number of halogens is 1. The molecule has 22 heavy (non-hydrogen) atoms. The Kier molecular flexibility index (Phi) is 5.25. The van der Waals surface area contributed by atoms with Crippen molar-refractivity contribution in [3.8, 4) is 0 Å². The highest BCUT2D eigenvalue weighted by Gasteiger charge is 2.14. The molecule has 1 amide bonds. The van der Waals surface area contributed by atoms with E-state index >= 15 is 0 Å². The lowest BCUT2D eigenvalue weighted by Crippen LogP contribution is -2.31. The van der Waals surface area contributed by atoms with Gasteiger partial charge in [-0.2, -0.15) is 0 Å². The van der Waals surface area contributed by atoms with Crippen molar-refractivity contribution in [3.63, 3.8) is 0 Å². The first-order chi connectivity index (χ1) is 10.6. The van der Waals surface area contributed by atoms with Gasteiger partial charge in [0.1, 0.15) is 5.82 Å². The van der Waals surface area contributed by atoms with E-state index < -0.39 is 11.9 Å². The second-order valence-corrected chi connectivity index (χ2v) is 4.78. The Balaban J connectivity index is 1.87. The highest BCUT2D eigenvalue weighted by molar-refractivity contribution is 5.91. The molecule has 0 aromatic heterocycles. The number of ether oxygens (including phenoxy) is 1. The van der Waals surface area contributed by atoms with E-state index in [9.17, 15) is 14.0 Å². The second-order valence-electron chi connectivity index (χ2n) is 4.78. The number of esters is 1. The standard InChI is InChI=1S/C17H16FNO3/c1-19(11-14-9-5-6-10-15(14)18)16(20)12-22-17(21)13-7-3-2-4-8-13/h2-10H,11-12H2,1H3. The number of amides is 1. The van der Waals surface area contributed by atoms with E-state index in [2.05, 4.69) is 0 Å². The summed E-state index contributed by atoms with van der Waals surface area (Å²) in [5, 5.41) is 0. The van der Waals surface area contributed by atoms with Crippen LogP contribution in [0.3, 0.4) is 0 Å². The number of benzene rings is 2. The average molecular weight is 301 g/mol. The van der Waals surface area contributed by atoms with E-state index in [1.165, 1.54) is 18.0 Å². The van der Waals surface area contributed by atoms with Gasteiger partial charge in [0.2, 0.25) is 0 Å². The minimum atomic E-state index is -0.562. The SMILES string of the molecule is CN(Cc1ccccc1F)C(=O)COC(=O)c1ccccc1. The van der Waals surface area contributed by atoms with Gasteiger partial charge in [-0.3, -0.25) is 4.79 Å². The van der Waals surface area contributed by atoms with Crippen LogP contribution < -0.4 is 0 Å². The fourth-order valence-corrected chi connectivity index (χ4v) is 1.87. The number of rotatable bonds is 5. The van der Waals surface area contributed by atoms with Crippen LogP contribution in [-0.4, -0.2) is 30.4 Å². The van der Waals surface area contributed by atoms with E-state index in [4.69, 9.17) is 4.74 Å². The molecule has 0 spiro atoms. The van der Waals surface area contributed by atoms with Gasteiger partial charge in [-0.1, -0.05) is 36.4 Å². The van der Waals surface area contributed by atoms with Crippen molar-refractivity contribution < 1.29 is 18.7 Å². The van der Waals surface area contributed by atoms with Crippen LogP contribution in [0.15, 0.2) is 54.6 Å². The highest BCUT2D eigenvalue weighted by Crippen LogP contribution is 2.09. The normalized spacial score (nSPS) is 10.1. The summed E-state index contributed by atoms with van der Waals surface area (Å²) < 4.78 is 18.5. The zero-order chi connectivity index (χ0) is 15.9. The Bertz CT molecular complexity index is 658. The van der Waals surface area contributed by atoms with Gasteiger partial charge in [0.25, 0.3) is 5.91 Å². The zero-order valence-corrected chi connectivity index (χ0v) is 12.2. The molecule has 0 unspecified atom stereocenters. The van der Waals surface area contributed by atoms with Gasteiger partial charge in [-0.15, -0.1) is 0 Å². The first kappa shape index (κ1) is 15.7. The molecule has 4 nitrogen and oxygen atoms in total. The molecule has 0 saturated heterocycles. The molecule has 0 saturated carbocycles. The molecule has 0 aliphatic heterocycles. The minimum absolute atomic E-state index is 0.119. The molecule has 2 rings (SSSR count). The topological polar surface area (TPSA) is 46.6 Å². The van der Waals surface area contributed by atoms with Crippen LogP contribution in [-0.2, 0) is 16.1 Å². The van der Waals surface area contributed by atoms with Crippen molar-refractivity contribution in [3.05, 3.63) is 71.5 Å².